The predicted molar refractivity (Wildman–Crippen MR) is 264 cm³/mol. The number of rotatable bonds is 12. The summed E-state index contributed by atoms with van der Waals surface area (Å²) >= 11 is 0. The summed E-state index contributed by atoms with van der Waals surface area (Å²) in [6.45, 7) is 4.50. The molecular formula is C55H42IrOP3Si. The van der Waals surface area contributed by atoms with E-state index in [0.29, 0.717) is 0 Å². The van der Waals surface area contributed by atoms with Crippen LogP contribution in [0.4, 0.5) is 0 Å². The Morgan fingerprint density at radius 3 is 0.607 bits per heavy atom. The van der Waals surface area contributed by atoms with Gasteiger partial charge in [-0.15, -0.1) is 0 Å². The van der Waals surface area contributed by atoms with Crippen LogP contribution in [-0.4, -0.2) is 8.80 Å². The Kier molecular flexibility index (Phi) is 15.9. The van der Waals surface area contributed by atoms with Gasteiger partial charge in [-0.25, -0.2) is 0 Å². The van der Waals surface area contributed by atoms with Crippen LogP contribution < -0.4 is 63.3 Å². The van der Waals surface area contributed by atoms with Crippen LogP contribution in [0.5, 0.6) is 0 Å². The van der Waals surface area contributed by atoms with E-state index in [1.54, 1.807) is 0 Å². The van der Waals surface area contributed by atoms with E-state index in [2.05, 4.69) is 261 Å². The van der Waals surface area contributed by atoms with E-state index >= 15 is 0 Å². The van der Waals surface area contributed by atoms with Gasteiger partial charge in [0.1, 0.15) is 0 Å². The smallest absolute Gasteiger partial charge is 0.0623 e. The summed E-state index contributed by atoms with van der Waals surface area (Å²) in [5, 5.41) is 16.9. The molecule has 0 aromatic heterocycles. The van der Waals surface area contributed by atoms with Gasteiger partial charge in [0.05, 0.1) is 0 Å². The molecule has 0 fully saturated rings. The van der Waals surface area contributed by atoms with Gasteiger partial charge in [-0.1, -0.05) is 255 Å². The summed E-state index contributed by atoms with van der Waals surface area (Å²) in [5.74, 6) is 0. The molecule has 0 aliphatic heterocycles. The normalized spacial score (nSPS) is 10.9. The van der Waals surface area contributed by atoms with Crippen molar-refractivity contribution in [3.63, 3.8) is 0 Å². The van der Waals surface area contributed by atoms with E-state index < -0.39 is 32.6 Å². The largest absolute Gasteiger partial charge is 0.157 e. The summed E-state index contributed by atoms with van der Waals surface area (Å²) in [6, 6.07) is 95.6. The first kappa shape index (κ1) is 43.9. The molecule has 61 heavy (non-hydrogen) atoms. The third kappa shape index (κ3) is 10.00. The number of benzene rings is 9. The zero-order valence-corrected chi connectivity index (χ0v) is 39.4. The van der Waals surface area contributed by atoms with E-state index in [4.69, 9.17) is 4.65 Å². The van der Waals surface area contributed by atoms with Crippen LogP contribution in [0.15, 0.2) is 255 Å². The van der Waals surface area contributed by atoms with E-state index in [-0.39, 0.29) is 20.1 Å². The fourth-order valence-electron chi connectivity index (χ4n) is 7.82. The molecule has 9 rings (SSSR count). The molecule has 0 bridgehead atoms. The Morgan fingerprint density at radius 2 is 0.410 bits per heavy atom. The molecule has 6 heteroatoms. The quantitative estimate of drug-likeness (QED) is 0.0400. The van der Waals surface area contributed by atoms with Crippen LogP contribution in [0.1, 0.15) is 0 Å². The molecule has 9 aromatic rings. The monoisotopic (exact) mass is 1030 g/mol. The average molecular weight is 1030 g/mol. The first-order valence-electron chi connectivity index (χ1n) is 19.9. The zero-order chi connectivity index (χ0) is 40.9. The predicted octanol–water partition coefficient (Wildman–Crippen LogP) is 7.44. The summed E-state index contributed by atoms with van der Waals surface area (Å²) in [4.78, 5) is 0. The Labute approximate surface area is 379 Å². The van der Waals surface area contributed by atoms with Gasteiger partial charge in [-0.05, 0) is 87.1 Å². The van der Waals surface area contributed by atoms with Gasteiger partial charge in [-0.2, -0.15) is 0 Å². The van der Waals surface area contributed by atoms with Crippen LogP contribution >= 0.6 is 23.8 Å². The van der Waals surface area contributed by atoms with Crippen molar-refractivity contribution in [3.8, 4) is 0 Å². The third-order valence-corrected chi connectivity index (χ3v) is 21.4. The molecule has 0 saturated heterocycles. The van der Waals surface area contributed by atoms with Crippen molar-refractivity contribution in [1.82, 2.24) is 0 Å². The van der Waals surface area contributed by atoms with E-state index in [1.165, 1.54) is 63.3 Å². The molecule has 0 spiro atoms. The fourth-order valence-corrected chi connectivity index (χ4v) is 19.5. The molecule has 0 aliphatic carbocycles. The van der Waals surface area contributed by atoms with Gasteiger partial charge < -0.3 is 0 Å². The van der Waals surface area contributed by atoms with Crippen LogP contribution in [0.2, 0.25) is 0 Å². The van der Waals surface area contributed by atoms with Crippen molar-refractivity contribution in [2.75, 3.05) is 0 Å². The molecule has 0 saturated carbocycles. The molecule has 0 atom stereocenters. The second-order valence-corrected chi connectivity index (χ2v) is 22.9. The maximum absolute atomic E-state index is 7.50. The molecule has 0 N–H and O–H groups in total. The molecule has 296 valence electrons. The van der Waals surface area contributed by atoms with Gasteiger partial charge in [0.15, 0.2) is 8.80 Å². The average Bonchev–Trinajstić information content (AvgIpc) is 3.34. The standard InChI is InChI=1S/C54H42P3Si.CO.Ir/c1-7-25-43(26-8-1)55(44-27-9-2-10-28-44)49-37-19-22-40-52(49)58(53-41-23-20-38-50(53)56(45-29-11-3-12-30-45)46-31-13-4-14-32-46)54-42-24-21-39-51(54)57(47-33-15-5-16-34-47)48-35-17-6-18-36-48;1-2;/h1-42H;;. The van der Waals surface area contributed by atoms with Crippen molar-refractivity contribution in [1.29, 1.82) is 0 Å². The minimum Gasteiger partial charge on any atom is -0.0623 e. The van der Waals surface area contributed by atoms with E-state index in [1.807, 2.05) is 0 Å². The Balaban J connectivity index is 0.00000184. The first-order valence-corrected chi connectivity index (χ1v) is 25.4. The van der Waals surface area contributed by atoms with Crippen molar-refractivity contribution < 1.29 is 24.8 Å². The van der Waals surface area contributed by atoms with Crippen molar-refractivity contribution in [3.05, 3.63) is 261 Å². The number of hydrogen-bond acceptors (Lipinski definition) is 0. The molecule has 0 unspecified atom stereocenters. The molecule has 9 aromatic carbocycles. The topological polar surface area (TPSA) is 19.9 Å². The molecule has 0 aliphatic rings. The third-order valence-electron chi connectivity index (χ3n) is 10.3. The number of hydrogen-bond donors (Lipinski definition) is 0. The van der Waals surface area contributed by atoms with Gasteiger partial charge >= 0.3 is 11.3 Å². The van der Waals surface area contributed by atoms with Gasteiger partial charge in [-0.3, -0.25) is 0 Å². The van der Waals surface area contributed by atoms with E-state index in [9.17, 15) is 0 Å². The van der Waals surface area contributed by atoms with Crippen molar-refractivity contribution in [2.45, 2.75) is 0 Å². The fraction of sp³-hybridized carbons (Fsp3) is 0. The molecule has 2 radical (unpaired) electrons. The maximum Gasteiger partial charge on any atom is 0.157 e. The molecular weight excluding hydrogens is 990 g/mol. The van der Waals surface area contributed by atoms with Crippen molar-refractivity contribution in [2.24, 2.45) is 0 Å². The zero-order valence-electron chi connectivity index (χ0n) is 33.3. The minimum atomic E-state index is -1.69. The van der Waals surface area contributed by atoms with Crippen LogP contribution in [-0.2, 0) is 24.8 Å². The maximum atomic E-state index is 7.50. The first-order chi connectivity index (χ1) is 29.8. The molecule has 0 amide bonds. The van der Waals surface area contributed by atoms with Gasteiger partial charge in [0.25, 0.3) is 0 Å². The second-order valence-electron chi connectivity index (χ2n) is 13.9. The van der Waals surface area contributed by atoms with Crippen LogP contribution in [0, 0.1) is 6.65 Å². The Morgan fingerprint density at radius 1 is 0.246 bits per heavy atom. The van der Waals surface area contributed by atoms with Gasteiger partial charge in [0, 0.05) is 20.1 Å². The molecule has 1 nitrogen and oxygen atoms in total. The summed E-state index contributed by atoms with van der Waals surface area (Å²) in [7, 11) is -4.30. The second kappa shape index (κ2) is 22.1. The van der Waals surface area contributed by atoms with Crippen molar-refractivity contribution >= 4 is 95.9 Å². The summed E-state index contributed by atoms with van der Waals surface area (Å²) < 4.78 is 7.50. The van der Waals surface area contributed by atoms with E-state index in [0.717, 1.165) is 0 Å². The Hall–Kier alpha value is -5.12. The van der Waals surface area contributed by atoms with Gasteiger partial charge in [0.2, 0.25) is 0 Å². The SMILES string of the molecule is [C-]#[O+].[Ir].c1ccc(P(c2ccccc2)c2ccccc2[Si](c2ccccc2P(c2ccccc2)c2ccccc2)c2ccccc2P(c2ccccc2)c2ccccc2)cc1. The minimum absolute atomic E-state index is 0. The van der Waals surface area contributed by atoms with Crippen LogP contribution in [0.3, 0.4) is 0 Å². The molecule has 0 heterocycles. The summed E-state index contributed by atoms with van der Waals surface area (Å²) in [6.07, 6.45) is 0. The van der Waals surface area contributed by atoms with Crippen LogP contribution in [0.25, 0.3) is 0 Å². The Bertz CT molecular complexity index is 2320. The summed E-state index contributed by atoms with van der Waals surface area (Å²) in [5.41, 5.74) is 0.